The lowest BCUT2D eigenvalue weighted by atomic mass is 10.0. The van der Waals surface area contributed by atoms with Gasteiger partial charge in [0.05, 0.1) is 11.1 Å². The summed E-state index contributed by atoms with van der Waals surface area (Å²) in [6, 6.07) is 4.67. The second kappa shape index (κ2) is 6.33. The SMILES string of the molecule is Cc1csc(C(Cc2cc(Br)ccc2F)NN)c1Cl. The van der Waals surface area contributed by atoms with E-state index >= 15 is 0 Å². The molecular formula is C13H13BrClFN2S. The molecule has 0 spiro atoms. The Balaban J connectivity index is 2.29. The minimum Gasteiger partial charge on any atom is -0.271 e. The van der Waals surface area contributed by atoms with Gasteiger partial charge in [-0.25, -0.2) is 4.39 Å². The number of rotatable bonds is 4. The number of halogens is 3. The van der Waals surface area contributed by atoms with Crippen LogP contribution < -0.4 is 11.3 Å². The summed E-state index contributed by atoms with van der Waals surface area (Å²) in [5, 5.41) is 2.67. The second-order valence-electron chi connectivity index (χ2n) is 4.26. The Morgan fingerprint density at radius 3 is 2.84 bits per heavy atom. The number of thiophene rings is 1. The van der Waals surface area contributed by atoms with Crippen molar-refractivity contribution >= 4 is 38.9 Å². The van der Waals surface area contributed by atoms with E-state index < -0.39 is 0 Å². The van der Waals surface area contributed by atoms with Crippen LogP contribution in [0.15, 0.2) is 28.1 Å². The molecule has 1 heterocycles. The Kier molecular flexibility index (Phi) is 4.97. The van der Waals surface area contributed by atoms with Crippen LogP contribution in [0.4, 0.5) is 4.39 Å². The molecule has 0 radical (unpaired) electrons. The van der Waals surface area contributed by atoms with Gasteiger partial charge in [0, 0.05) is 9.35 Å². The third-order valence-corrected chi connectivity index (χ3v) is 5.20. The molecule has 0 aliphatic heterocycles. The van der Waals surface area contributed by atoms with Crippen molar-refractivity contribution in [3.05, 3.63) is 54.9 Å². The van der Waals surface area contributed by atoms with E-state index in [0.717, 1.165) is 14.9 Å². The maximum Gasteiger partial charge on any atom is 0.126 e. The zero-order valence-corrected chi connectivity index (χ0v) is 13.4. The third-order valence-electron chi connectivity index (χ3n) is 2.87. The van der Waals surface area contributed by atoms with E-state index in [1.165, 1.54) is 17.4 Å². The summed E-state index contributed by atoms with van der Waals surface area (Å²) in [4.78, 5) is 0.932. The Bertz CT molecular complexity index is 588. The first-order valence-electron chi connectivity index (χ1n) is 5.66. The van der Waals surface area contributed by atoms with Crippen molar-refractivity contribution in [3.63, 3.8) is 0 Å². The van der Waals surface area contributed by atoms with Gasteiger partial charge in [-0.2, -0.15) is 0 Å². The van der Waals surface area contributed by atoms with Gasteiger partial charge in [0.2, 0.25) is 0 Å². The molecule has 1 aromatic carbocycles. The smallest absolute Gasteiger partial charge is 0.126 e. The minimum atomic E-state index is -0.243. The van der Waals surface area contributed by atoms with Gasteiger partial charge in [-0.05, 0) is 48.1 Å². The van der Waals surface area contributed by atoms with E-state index in [9.17, 15) is 4.39 Å². The number of aryl methyl sites for hydroxylation is 1. The zero-order valence-electron chi connectivity index (χ0n) is 10.2. The molecule has 0 fully saturated rings. The van der Waals surface area contributed by atoms with Gasteiger partial charge in [0.1, 0.15) is 5.82 Å². The van der Waals surface area contributed by atoms with Crippen LogP contribution >= 0.6 is 38.9 Å². The number of benzene rings is 1. The molecule has 0 aliphatic carbocycles. The second-order valence-corrected chi connectivity index (χ2v) is 6.46. The highest BCUT2D eigenvalue weighted by Crippen LogP contribution is 2.34. The molecule has 2 rings (SSSR count). The first kappa shape index (κ1) is 14.9. The summed E-state index contributed by atoms with van der Waals surface area (Å²) in [7, 11) is 0. The fourth-order valence-electron chi connectivity index (χ4n) is 1.83. The van der Waals surface area contributed by atoms with Crippen LogP contribution in [0.5, 0.6) is 0 Å². The Morgan fingerprint density at radius 2 is 2.26 bits per heavy atom. The average Bonchev–Trinajstić information content (AvgIpc) is 2.71. The predicted molar refractivity (Wildman–Crippen MR) is 81.9 cm³/mol. The van der Waals surface area contributed by atoms with Crippen molar-refractivity contribution in [2.75, 3.05) is 0 Å². The molecule has 6 heteroatoms. The first-order chi connectivity index (χ1) is 9.02. The molecule has 0 saturated carbocycles. The largest absolute Gasteiger partial charge is 0.271 e. The van der Waals surface area contributed by atoms with E-state index in [0.29, 0.717) is 17.0 Å². The van der Waals surface area contributed by atoms with Crippen molar-refractivity contribution in [2.45, 2.75) is 19.4 Å². The highest BCUT2D eigenvalue weighted by Gasteiger charge is 2.19. The van der Waals surface area contributed by atoms with Crippen LogP contribution in [-0.2, 0) is 6.42 Å². The molecule has 1 atom stereocenters. The van der Waals surface area contributed by atoms with Crippen molar-refractivity contribution in [1.29, 1.82) is 0 Å². The highest BCUT2D eigenvalue weighted by atomic mass is 79.9. The van der Waals surface area contributed by atoms with Crippen molar-refractivity contribution in [1.82, 2.24) is 5.43 Å². The molecule has 0 bridgehead atoms. The lowest BCUT2D eigenvalue weighted by Gasteiger charge is -2.16. The lowest BCUT2D eigenvalue weighted by Crippen LogP contribution is -2.29. The van der Waals surface area contributed by atoms with Crippen LogP contribution in [0.2, 0.25) is 5.02 Å². The molecule has 1 unspecified atom stereocenters. The normalized spacial score (nSPS) is 12.7. The lowest BCUT2D eigenvalue weighted by molar-refractivity contribution is 0.535. The number of hydrogen-bond acceptors (Lipinski definition) is 3. The van der Waals surface area contributed by atoms with Gasteiger partial charge >= 0.3 is 0 Å². The molecule has 0 amide bonds. The molecule has 3 N–H and O–H groups in total. The molecule has 2 nitrogen and oxygen atoms in total. The third kappa shape index (κ3) is 3.35. The van der Waals surface area contributed by atoms with Gasteiger partial charge in [0.15, 0.2) is 0 Å². The number of hydrogen-bond donors (Lipinski definition) is 2. The van der Waals surface area contributed by atoms with E-state index in [2.05, 4.69) is 21.4 Å². The van der Waals surface area contributed by atoms with Crippen LogP contribution in [0, 0.1) is 12.7 Å². The van der Waals surface area contributed by atoms with E-state index in [1.54, 1.807) is 12.1 Å². The van der Waals surface area contributed by atoms with Gasteiger partial charge in [-0.3, -0.25) is 11.3 Å². The number of nitrogens with two attached hydrogens (primary N) is 1. The summed E-state index contributed by atoms with van der Waals surface area (Å²) in [6.07, 6.45) is 0.446. The monoisotopic (exact) mass is 362 g/mol. The maximum atomic E-state index is 13.8. The van der Waals surface area contributed by atoms with Gasteiger partial charge in [-0.1, -0.05) is 27.5 Å². The van der Waals surface area contributed by atoms with Gasteiger partial charge in [0.25, 0.3) is 0 Å². The summed E-state index contributed by atoms with van der Waals surface area (Å²) in [5.74, 6) is 5.34. The topological polar surface area (TPSA) is 38.0 Å². The molecule has 1 aromatic heterocycles. The Morgan fingerprint density at radius 1 is 1.53 bits per heavy atom. The van der Waals surface area contributed by atoms with Gasteiger partial charge < -0.3 is 0 Å². The number of nitrogens with one attached hydrogen (secondary N) is 1. The van der Waals surface area contributed by atoms with Gasteiger partial charge in [-0.15, -0.1) is 11.3 Å². The summed E-state index contributed by atoms with van der Waals surface area (Å²) in [6.45, 7) is 1.94. The van der Waals surface area contributed by atoms with Crippen molar-refractivity contribution in [3.8, 4) is 0 Å². The van der Waals surface area contributed by atoms with Crippen LogP contribution in [0.25, 0.3) is 0 Å². The molecule has 19 heavy (non-hydrogen) atoms. The molecule has 2 aromatic rings. The van der Waals surface area contributed by atoms with Crippen molar-refractivity contribution < 1.29 is 4.39 Å². The van der Waals surface area contributed by atoms with Crippen LogP contribution in [-0.4, -0.2) is 0 Å². The molecule has 0 saturated heterocycles. The predicted octanol–water partition coefficient (Wildman–Crippen LogP) is 4.36. The summed E-state index contributed by atoms with van der Waals surface area (Å²) in [5.41, 5.74) is 4.32. The Labute approximate surface area is 128 Å². The fraction of sp³-hybridized carbons (Fsp3) is 0.231. The fourth-order valence-corrected chi connectivity index (χ4v) is 3.63. The summed E-state index contributed by atoms with van der Waals surface area (Å²) >= 11 is 11.1. The molecule has 0 aliphatic rings. The quantitative estimate of drug-likeness (QED) is 0.626. The highest BCUT2D eigenvalue weighted by molar-refractivity contribution is 9.10. The minimum absolute atomic E-state index is 0.199. The Hall–Kier alpha value is -0.460. The van der Waals surface area contributed by atoms with Crippen LogP contribution in [0.3, 0.4) is 0 Å². The average molecular weight is 364 g/mol. The maximum absolute atomic E-state index is 13.8. The molecule has 102 valence electrons. The number of hydrazine groups is 1. The molecular weight excluding hydrogens is 351 g/mol. The standard InChI is InChI=1S/C13H13BrClFN2S/c1-7-6-19-13(12(7)15)11(18-17)5-8-4-9(14)2-3-10(8)16/h2-4,6,11,18H,5,17H2,1H3. The first-order valence-corrected chi connectivity index (χ1v) is 7.71. The van der Waals surface area contributed by atoms with Crippen LogP contribution in [0.1, 0.15) is 22.0 Å². The summed E-state index contributed by atoms with van der Waals surface area (Å²) < 4.78 is 14.6. The van der Waals surface area contributed by atoms with Crippen molar-refractivity contribution in [2.24, 2.45) is 5.84 Å². The zero-order chi connectivity index (χ0) is 14.0. The van der Waals surface area contributed by atoms with E-state index in [-0.39, 0.29) is 11.9 Å². The van der Waals surface area contributed by atoms with E-state index in [4.69, 9.17) is 17.4 Å². The van der Waals surface area contributed by atoms with E-state index in [1.807, 2.05) is 12.3 Å².